The van der Waals surface area contributed by atoms with Crippen molar-refractivity contribution in [1.82, 2.24) is 24.9 Å². The van der Waals surface area contributed by atoms with Crippen LogP contribution in [0, 0.1) is 0 Å². The molecule has 0 aromatic carbocycles. The lowest BCUT2D eigenvalue weighted by molar-refractivity contribution is -0.117. The predicted molar refractivity (Wildman–Crippen MR) is 87.1 cm³/mol. The number of amides is 2. The van der Waals surface area contributed by atoms with Gasteiger partial charge in [-0.25, -0.2) is 17.6 Å². The number of nitrogens with zero attached hydrogens (tertiary/aromatic N) is 4. The Kier molecular flexibility index (Phi) is 6.41. The van der Waals surface area contributed by atoms with Crippen LogP contribution in [-0.2, 0) is 17.9 Å². The monoisotopic (exact) mass is 410 g/mol. The standard InChI is InChI=1S/C14H15ClF4N6O2/c1-3-24-4-6(9(22-24)14(27)20-2)21-7(26)5-25-11(13(18)19)8(15)10(23-25)12(16)17/h4,12-13H,3,5H2,1-2H3,(H,20,27)(H,21,26). The zero-order valence-corrected chi connectivity index (χ0v) is 14.9. The molecule has 0 aliphatic carbocycles. The average molecular weight is 411 g/mol. The van der Waals surface area contributed by atoms with E-state index in [0.717, 1.165) is 0 Å². The molecule has 0 aliphatic heterocycles. The molecule has 0 bridgehead atoms. The fourth-order valence-electron chi connectivity index (χ4n) is 2.23. The van der Waals surface area contributed by atoms with Gasteiger partial charge >= 0.3 is 0 Å². The maximum atomic E-state index is 13.1. The molecule has 0 unspecified atom stereocenters. The van der Waals surface area contributed by atoms with Crippen LogP contribution in [0.5, 0.6) is 0 Å². The molecule has 0 radical (unpaired) electrons. The molecule has 8 nitrogen and oxygen atoms in total. The maximum absolute atomic E-state index is 13.1. The van der Waals surface area contributed by atoms with Gasteiger partial charge in [0.15, 0.2) is 5.69 Å². The molecule has 0 saturated carbocycles. The van der Waals surface area contributed by atoms with E-state index in [0.29, 0.717) is 11.2 Å². The number of rotatable bonds is 7. The summed E-state index contributed by atoms with van der Waals surface area (Å²) in [6.07, 6.45) is -5.02. The Labute approximate surface area is 155 Å². The van der Waals surface area contributed by atoms with E-state index in [9.17, 15) is 27.2 Å². The lowest BCUT2D eigenvalue weighted by Crippen LogP contribution is -2.24. The van der Waals surface area contributed by atoms with Crippen LogP contribution in [0.15, 0.2) is 6.20 Å². The number of halogens is 5. The normalized spacial score (nSPS) is 11.3. The van der Waals surface area contributed by atoms with E-state index in [2.05, 4.69) is 20.8 Å². The third kappa shape index (κ3) is 4.38. The van der Waals surface area contributed by atoms with E-state index in [-0.39, 0.29) is 11.4 Å². The molecule has 148 valence electrons. The van der Waals surface area contributed by atoms with Crippen molar-refractivity contribution in [2.75, 3.05) is 12.4 Å². The first-order valence-electron chi connectivity index (χ1n) is 7.61. The zero-order valence-electron chi connectivity index (χ0n) is 14.1. The highest BCUT2D eigenvalue weighted by molar-refractivity contribution is 6.32. The van der Waals surface area contributed by atoms with Crippen molar-refractivity contribution >= 4 is 29.1 Å². The third-order valence-corrected chi connectivity index (χ3v) is 3.85. The van der Waals surface area contributed by atoms with Crippen LogP contribution in [0.4, 0.5) is 23.2 Å². The van der Waals surface area contributed by atoms with Crippen LogP contribution in [0.1, 0.15) is 41.7 Å². The summed E-state index contributed by atoms with van der Waals surface area (Å²) in [6.45, 7) is 1.34. The first kappa shape index (κ1) is 20.7. The van der Waals surface area contributed by atoms with Gasteiger partial charge in [0.2, 0.25) is 5.91 Å². The highest BCUT2D eigenvalue weighted by Crippen LogP contribution is 2.34. The highest BCUT2D eigenvalue weighted by Gasteiger charge is 2.29. The lowest BCUT2D eigenvalue weighted by atomic mass is 10.3. The van der Waals surface area contributed by atoms with Crippen LogP contribution >= 0.6 is 11.6 Å². The number of anilines is 1. The molecule has 0 spiro atoms. The fraction of sp³-hybridized carbons (Fsp3) is 0.429. The van der Waals surface area contributed by atoms with Crippen molar-refractivity contribution < 1.29 is 27.2 Å². The van der Waals surface area contributed by atoms with Crippen molar-refractivity contribution in [1.29, 1.82) is 0 Å². The molecule has 13 heteroatoms. The van der Waals surface area contributed by atoms with Crippen molar-refractivity contribution in [3.63, 3.8) is 0 Å². The second-order valence-corrected chi connectivity index (χ2v) is 5.60. The summed E-state index contributed by atoms with van der Waals surface area (Å²) in [5, 5.41) is 11.1. The molecule has 2 aromatic rings. The predicted octanol–water partition coefficient (Wildman–Crippen LogP) is 2.63. The van der Waals surface area contributed by atoms with E-state index in [1.807, 2.05) is 0 Å². The van der Waals surface area contributed by atoms with Crippen molar-refractivity contribution in [2.24, 2.45) is 0 Å². The fourth-order valence-corrected chi connectivity index (χ4v) is 2.53. The molecule has 0 saturated heterocycles. The Hall–Kier alpha value is -2.63. The number of carbonyl (C=O) groups excluding carboxylic acids is 2. The molecule has 0 fully saturated rings. The topological polar surface area (TPSA) is 93.8 Å². The summed E-state index contributed by atoms with van der Waals surface area (Å²) >= 11 is 5.53. The minimum Gasteiger partial charge on any atom is -0.354 e. The largest absolute Gasteiger partial charge is 0.354 e. The number of aryl methyl sites for hydroxylation is 1. The van der Waals surface area contributed by atoms with Crippen LogP contribution in [0.25, 0.3) is 0 Å². The zero-order chi connectivity index (χ0) is 20.3. The van der Waals surface area contributed by atoms with Crippen molar-refractivity contribution in [3.05, 3.63) is 28.3 Å². The quantitative estimate of drug-likeness (QED) is 0.686. The Morgan fingerprint density at radius 2 is 1.89 bits per heavy atom. The van der Waals surface area contributed by atoms with Crippen LogP contribution in [0.3, 0.4) is 0 Å². The van der Waals surface area contributed by atoms with Gasteiger partial charge in [0.25, 0.3) is 18.8 Å². The van der Waals surface area contributed by atoms with E-state index in [1.165, 1.54) is 17.9 Å². The average Bonchev–Trinajstić information content (AvgIpc) is 3.14. The van der Waals surface area contributed by atoms with E-state index >= 15 is 0 Å². The molecule has 2 N–H and O–H groups in total. The van der Waals surface area contributed by atoms with Crippen molar-refractivity contribution in [3.8, 4) is 0 Å². The smallest absolute Gasteiger partial charge is 0.283 e. The minimum absolute atomic E-state index is 0.0344. The van der Waals surface area contributed by atoms with Gasteiger partial charge in [-0.2, -0.15) is 10.2 Å². The molecular weight excluding hydrogens is 396 g/mol. The second-order valence-electron chi connectivity index (χ2n) is 5.22. The summed E-state index contributed by atoms with van der Waals surface area (Å²) < 4.78 is 53.7. The molecule has 2 rings (SSSR count). The van der Waals surface area contributed by atoms with Gasteiger partial charge in [0, 0.05) is 19.8 Å². The van der Waals surface area contributed by atoms with E-state index < -0.39 is 47.6 Å². The first-order valence-corrected chi connectivity index (χ1v) is 7.99. The van der Waals surface area contributed by atoms with Crippen LogP contribution < -0.4 is 10.6 Å². The summed E-state index contributed by atoms with van der Waals surface area (Å²) in [4.78, 5) is 24.0. The molecule has 27 heavy (non-hydrogen) atoms. The molecule has 2 amide bonds. The number of nitrogens with one attached hydrogen (secondary N) is 2. The summed E-state index contributed by atoms with van der Waals surface area (Å²) in [5.74, 6) is -1.45. The second kappa shape index (κ2) is 8.37. The van der Waals surface area contributed by atoms with Crippen molar-refractivity contribution in [2.45, 2.75) is 32.9 Å². The van der Waals surface area contributed by atoms with Gasteiger partial charge in [0.1, 0.15) is 17.9 Å². The van der Waals surface area contributed by atoms with Crippen LogP contribution in [-0.4, -0.2) is 38.4 Å². The van der Waals surface area contributed by atoms with E-state index in [4.69, 9.17) is 11.6 Å². The number of carbonyl (C=O) groups is 2. The first-order chi connectivity index (χ1) is 12.7. The SMILES string of the molecule is CCn1cc(NC(=O)Cn2nc(C(F)F)c(Cl)c2C(F)F)c(C(=O)NC)n1. The van der Waals surface area contributed by atoms with E-state index in [1.54, 1.807) is 6.92 Å². The molecule has 2 aromatic heterocycles. The summed E-state index contributed by atoms with van der Waals surface area (Å²) in [7, 11) is 1.37. The number of alkyl halides is 4. The van der Waals surface area contributed by atoms with Gasteiger partial charge in [-0.3, -0.25) is 19.0 Å². The van der Waals surface area contributed by atoms with Gasteiger partial charge < -0.3 is 10.6 Å². The van der Waals surface area contributed by atoms with Crippen LogP contribution in [0.2, 0.25) is 5.02 Å². The Morgan fingerprint density at radius 1 is 1.22 bits per heavy atom. The third-order valence-electron chi connectivity index (χ3n) is 3.46. The molecule has 0 atom stereocenters. The number of hydrogen-bond donors (Lipinski definition) is 2. The Balaban J connectivity index is 2.28. The van der Waals surface area contributed by atoms with Gasteiger partial charge in [-0.05, 0) is 6.92 Å². The molecular formula is C14H15ClF4N6O2. The highest BCUT2D eigenvalue weighted by atomic mass is 35.5. The molecule has 0 aliphatic rings. The minimum atomic E-state index is -3.21. The van der Waals surface area contributed by atoms with Gasteiger partial charge in [-0.15, -0.1) is 0 Å². The maximum Gasteiger partial charge on any atom is 0.283 e. The number of aromatic nitrogens is 4. The molecule has 2 heterocycles. The Morgan fingerprint density at radius 3 is 2.41 bits per heavy atom. The van der Waals surface area contributed by atoms with Gasteiger partial charge in [0.05, 0.1) is 10.7 Å². The number of hydrogen-bond acceptors (Lipinski definition) is 4. The summed E-state index contributed by atoms with van der Waals surface area (Å²) in [5.41, 5.74) is -2.08. The Bertz CT molecular complexity index is 851. The lowest BCUT2D eigenvalue weighted by Gasteiger charge is -2.08. The van der Waals surface area contributed by atoms with Gasteiger partial charge in [-0.1, -0.05) is 11.6 Å². The summed E-state index contributed by atoms with van der Waals surface area (Å²) in [6, 6.07) is 0.